The van der Waals surface area contributed by atoms with Crippen molar-refractivity contribution in [3.05, 3.63) is 66.3 Å². The van der Waals surface area contributed by atoms with Gasteiger partial charge in [0.1, 0.15) is 10.8 Å². The van der Waals surface area contributed by atoms with Gasteiger partial charge in [0.25, 0.3) is 0 Å². The second kappa shape index (κ2) is 6.42. The molecule has 0 saturated carbocycles. The van der Waals surface area contributed by atoms with E-state index in [4.69, 9.17) is 0 Å². The highest BCUT2D eigenvalue weighted by molar-refractivity contribution is 7.13. The standard InChI is InChI=1S/C19H11F3N2OS/c20-19(21,22)25-14-7-5-12(6-8-14)17-11-26-18(24-17)16-10-23-9-13-3-1-2-4-15(13)16/h1-11H. The molecule has 7 heteroatoms. The molecule has 0 saturated heterocycles. The molecular weight excluding hydrogens is 361 g/mol. The Labute approximate surface area is 150 Å². The lowest BCUT2D eigenvalue weighted by Gasteiger charge is -2.08. The van der Waals surface area contributed by atoms with Crippen molar-refractivity contribution in [2.24, 2.45) is 0 Å². The van der Waals surface area contributed by atoms with Gasteiger partial charge in [-0.05, 0) is 29.7 Å². The molecule has 2 heterocycles. The van der Waals surface area contributed by atoms with E-state index in [1.165, 1.54) is 23.5 Å². The van der Waals surface area contributed by atoms with E-state index in [1.807, 2.05) is 29.6 Å². The molecule has 0 fully saturated rings. The third-order valence-electron chi connectivity index (χ3n) is 3.79. The van der Waals surface area contributed by atoms with E-state index in [-0.39, 0.29) is 5.75 Å². The number of benzene rings is 2. The van der Waals surface area contributed by atoms with Gasteiger partial charge >= 0.3 is 6.36 Å². The monoisotopic (exact) mass is 372 g/mol. The zero-order chi connectivity index (χ0) is 18.1. The fourth-order valence-electron chi connectivity index (χ4n) is 2.64. The fraction of sp³-hybridized carbons (Fsp3) is 0.0526. The molecule has 2 aromatic heterocycles. The highest BCUT2D eigenvalue weighted by Crippen LogP contribution is 2.33. The van der Waals surface area contributed by atoms with E-state index in [0.29, 0.717) is 5.69 Å². The van der Waals surface area contributed by atoms with Crippen LogP contribution in [0, 0.1) is 0 Å². The van der Waals surface area contributed by atoms with Gasteiger partial charge in [0, 0.05) is 34.3 Å². The van der Waals surface area contributed by atoms with Crippen molar-refractivity contribution < 1.29 is 17.9 Å². The molecule has 4 rings (SSSR count). The Morgan fingerprint density at radius 2 is 1.69 bits per heavy atom. The first kappa shape index (κ1) is 16.5. The minimum absolute atomic E-state index is 0.255. The summed E-state index contributed by atoms with van der Waals surface area (Å²) in [7, 11) is 0. The zero-order valence-corrected chi connectivity index (χ0v) is 14.0. The average Bonchev–Trinajstić information content (AvgIpc) is 3.10. The summed E-state index contributed by atoms with van der Waals surface area (Å²) in [5, 5.41) is 4.75. The lowest BCUT2D eigenvalue weighted by atomic mass is 10.1. The normalized spacial score (nSPS) is 11.7. The summed E-state index contributed by atoms with van der Waals surface area (Å²) in [6, 6.07) is 13.6. The minimum Gasteiger partial charge on any atom is -0.406 e. The molecule has 0 amide bonds. The van der Waals surface area contributed by atoms with Crippen LogP contribution in [0.1, 0.15) is 0 Å². The van der Waals surface area contributed by atoms with Gasteiger partial charge in [-0.2, -0.15) is 0 Å². The number of nitrogens with zero attached hydrogens (tertiary/aromatic N) is 2. The van der Waals surface area contributed by atoms with Crippen LogP contribution in [-0.2, 0) is 0 Å². The van der Waals surface area contributed by atoms with Crippen LogP contribution in [0.15, 0.2) is 66.3 Å². The number of thiazole rings is 1. The number of hydrogen-bond acceptors (Lipinski definition) is 4. The molecule has 130 valence electrons. The summed E-state index contributed by atoms with van der Waals surface area (Å²) in [6.07, 6.45) is -1.13. The number of rotatable bonds is 3. The molecule has 0 atom stereocenters. The Bertz CT molecular complexity index is 1050. The molecule has 0 bridgehead atoms. The molecule has 3 nitrogen and oxygen atoms in total. The summed E-state index contributed by atoms with van der Waals surface area (Å²) >= 11 is 1.46. The van der Waals surface area contributed by atoms with Crippen molar-refractivity contribution >= 4 is 22.1 Å². The molecule has 2 aromatic carbocycles. The minimum atomic E-state index is -4.70. The molecule has 0 N–H and O–H groups in total. The highest BCUT2D eigenvalue weighted by Gasteiger charge is 2.31. The fourth-order valence-corrected chi connectivity index (χ4v) is 3.50. The summed E-state index contributed by atoms with van der Waals surface area (Å²) in [5.74, 6) is -0.255. The second-order valence-electron chi connectivity index (χ2n) is 5.52. The Kier molecular flexibility index (Phi) is 4.08. The number of hydrogen-bond donors (Lipinski definition) is 0. The average molecular weight is 372 g/mol. The maximum atomic E-state index is 12.2. The number of halogens is 3. The third kappa shape index (κ3) is 3.39. The zero-order valence-electron chi connectivity index (χ0n) is 13.2. The molecular formula is C19H11F3N2OS. The van der Waals surface area contributed by atoms with Crippen LogP contribution in [0.3, 0.4) is 0 Å². The van der Waals surface area contributed by atoms with Crippen LogP contribution in [0.2, 0.25) is 0 Å². The first-order valence-corrected chi connectivity index (χ1v) is 8.52. The van der Waals surface area contributed by atoms with E-state index in [9.17, 15) is 13.2 Å². The van der Waals surface area contributed by atoms with Crippen LogP contribution in [0.25, 0.3) is 32.6 Å². The molecule has 26 heavy (non-hydrogen) atoms. The van der Waals surface area contributed by atoms with Gasteiger partial charge in [0.15, 0.2) is 0 Å². The predicted octanol–water partition coefficient (Wildman–Crippen LogP) is 5.92. The van der Waals surface area contributed by atoms with Crippen molar-refractivity contribution in [3.63, 3.8) is 0 Å². The maximum absolute atomic E-state index is 12.2. The van der Waals surface area contributed by atoms with Crippen molar-refractivity contribution in [1.29, 1.82) is 0 Å². The van der Waals surface area contributed by atoms with Gasteiger partial charge in [0.05, 0.1) is 5.69 Å². The van der Waals surface area contributed by atoms with Crippen molar-refractivity contribution in [3.8, 4) is 27.6 Å². The molecule has 4 aromatic rings. The Morgan fingerprint density at radius 3 is 2.46 bits per heavy atom. The molecule has 0 aliphatic heterocycles. The number of fused-ring (bicyclic) bond motifs is 1. The first-order valence-electron chi connectivity index (χ1n) is 7.64. The maximum Gasteiger partial charge on any atom is 0.573 e. The van der Waals surface area contributed by atoms with Crippen LogP contribution >= 0.6 is 11.3 Å². The van der Waals surface area contributed by atoms with E-state index < -0.39 is 6.36 Å². The van der Waals surface area contributed by atoms with Gasteiger partial charge < -0.3 is 4.74 Å². The Hall–Kier alpha value is -2.93. The van der Waals surface area contributed by atoms with Crippen LogP contribution < -0.4 is 4.74 Å². The van der Waals surface area contributed by atoms with Gasteiger partial charge in [-0.1, -0.05) is 24.3 Å². The van der Waals surface area contributed by atoms with Crippen molar-refractivity contribution in [2.75, 3.05) is 0 Å². The SMILES string of the molecule is FC(F)(F)Oc1ccc(-c2csc(-c3cncc4ccccc34)n2)cc1. The third-order valence-corrected chi connectivity index (χ3v) is 4.66. The van der Waals surface area contributed by atoms with Gasteiger partial charge in [-0.15, -0.1) is 24.5 Å². The van der Waals surface area contributed by atoms with E-state index in [2.05, 4.69) is 14.7 Å². The van der Waals surface area contributed by atoms with Crippen LogP contribution in [0.4, 0.5) is 13.2 Å². The Morgan fingerprint density at radius 1 is 0.923 bits per heavy atom. The molecule has 0 aliphatic rings. The quantitative estimate of drug-likeness (QED) is 0.447. The van der Waals surface area contributed by atoms with Crippen LogP contribution in [-0.4, -0.2) is 16.3 Å². The smallest absolute Gasteiger partial charge is 0.406 e. The first-order chi connectivity index (χ1) is 12.5. The summed E-state index contributed by atoms with van der Waals surface area (Å²) in [5.41, 5.74) is 2.34. The molecule has 0 radical (unpaired) electrons. The second-order valence-corrected chi connectivity index (χ2v) is 6.38. The van der Waals surface area contributed by atoms with Gasteiger partial charge in [-0.25, -0.2) is 4.98 Å². The topological polar surface area (TPSA) is 35.0 Å². The van der Waals surface area contributed by atoms with E-state index in [0.717, 1.165) is 26.9 Å². The lowest BCUT2D eigenvalue weighted by Crippen LogP contribution is -2.16. The van der Waals surface area contributed by atoms with E-state index in [1.54, 1.807) is 24.5 Å². The van der Waals surface area contributed by atoms with Gasteiger partial charge in [0.2, 0.25) is 0 Å². The molecule has 0 spiro atoms. The number of ether oxygens (including phenoxy) is 1. The van der Waals surface area contributed by atoms with Crippen molar-refractivity contribution in [2.45, 2.75) is 6.36 Å². The summed E-state index contributed by atoms with van der Waals surface area (Å²) in [6.45, 7) is 0. The predicted molar refractivity (Wildman–Crippen MR) is 95.0 cm³/mol. The Balaban J connectivity index is 1.66. The highest BCUT2D eigenvalue weighted by atomic mass is 32.1. The van der Waals surface area contributed by atoms with Crippen LogP contribution in [0.5, 0.6) is 5.75 Å². The summed E-state index contributed by atoms with van der Waals surface area (Å²) in [4.78, 5) is 8.88. The number of pyridine rings is 1. The molecule has 0 aliphatic carbocycles. The van der Waals surface area contributed by atoms with Crippen molar-refractivity contribution in [1.82, 2.24) is 9.97 Å². The van der Waals surface area contributed by atoms with Gasteiger partial charge in [-0.3, -0.25) is 4.98 Å². The largest absolute Gasteiger partial charge is 0.573 e. The molecule has 0 unspecified atom stereocenters. The lowest BCUT2D eigenvalue weighted by molar-refractivity contribution is -0.274. The van der Waals surface area contributed by atoms with E-state index >= 15 is 0 Å². The number of alkyl halides is 3. The summed E-state index contributed by atoms with van der Waals surface area (Å²) < 4.78 is 40.6. The number of aromatic nitrogens is 2.